The number of hydrogen-bond donors (Lipinski definition) is 0. The Morgan fingerprint density at radius 2 is 0.347 bits per heavy atom. The van der Waals surface area contributed by atoms with Crippen molar-refractivity contribution in [3.63, 3.8) is 0 Å². The minimum absolute atomic E-state index is 1.50. The molecular weight excluding hydrogens is 1560 g/mol. The third-order valence-corrected chi connectivity index (χ3v) is 292. The van der Waals surface area contributed by atoms with Gasteiger partial charge in [-0.2, -0.15) is 0 Å². The Bertz CT molecular complexity index is 3300. The third kappa shape index (κ3) is 9.94. The molecule has 49 heteroatoms. The Morgan fingerprint density at radius 1 is 0.224 bits per heavy atom. The number of halogens is 1. The summed E-state index contributed by atoms with van der Waals surface area (Å²) in [5, 5.41) is -50.8. The van der Waals surface area contributed by atoms with Crippen LogP contribution in [0, 0.1) is 0 Å². The SMILES string of the molecule is FS(=S)(=S)S(=S)(=S)S(=S)(=S)S(=S)(=S)S(=S)(=S)S(=S)(=S)S(=S)(=S)S(=S)(=S)S(=S)(=S)S(=S)(=S)S(=S)(=S)S(=S)(=S)S(=S)(=S)S(=S)(=S)S(=S)(=S)[S-](=S)=S. The quantitative estimate of drug-likeness (QED) is 0.126. The normalized spacial score (nSPS) is 16.6. The van der Waals surface area contributed by atoms with Crippen molar-refractivity contribution in [1.82, 2.24) is 0 Å². The van der Waals surface area contributed by atoms with Crippen LogP contribution in [0.15, 0.2) is 0 Å². The maximum atomic E-state index is 15.1. The van der Waals surface area contributed by atoms with Crippen LogP contribution in [0.2, 0.25) is 0 Å². The Kier molecular flexibility index (Phi) is 24.2. The molecule has 0 spiro atoms. The average molecular weight is 1560 g/mol. The lowest BCUT2D eigenvalue weighted by atomic mass is 18.9. The molecule has 0 aliphatic carbocycles. The molecule has 0 bridgehead atoms. The van der Waals surface area contributed by atoms with Crippen molar-refractivity contribution >= 4 is 445 Å². The summed E-state index contributed by atoms with van der Waals surface area (Å²) in [6.07, 6.45) is 0. The second-order valence-corrected chi connectivity index (χ2v) is 167. The van der Waals surface area contributed by atoms with Crippen LogP contribution in [0.25, 0.3) is 0 Å². The van der Waals surface area contributed by atoms with Crippen LogP contribution >= 0.6 is 0 Å². The minimum atomic E-state index is -4.09. The standard InChI is InChI=1S/FS48/c1-35(4,5)37(8,9)39(12,13)41(16,17)43(20,21)45(24,25)47(28,29)49(32,33)48(30,31)46(26,27)44(22,23)42(18,19)40(14,15)38(10,11)36(6,7)34(2)3/q-1. The molecule has 0 amide bonds. The lowest BCUT2D eigenvalue weighted by Crippen LogP contribution is -2.39. The van der Waals surface area contributed by atoms with E-state index < -0.39 is 86.6 Å². The first kappa shape index (κ1) is 61.6. The van der Waals surface area contributed by atoms with Gasteiger partial charge in [-0.3, -0.25) is 7.05 Å². The summed E-state index contributed by atoms with van der Waals surface area (Å²) in [5.74, 6) is 0. The van der Waals surface area contributed by atoms with E-state index in [1.54, 1.807) is 0 Å². The van der Waals surface area contributed by atoms with Crippen LogP contribution < -0.4 is 0 Å². The van der Waals surface area contributed by atoms with E-state index in [1.807, 2.05) is 0 Å². The van der Waals surface area contributed by atoms with Crippen molar-refractivity contribution in [3.8, 4) is 0 Å². The zero-order chi connectivity index (χ0) is 41.1. The van der Waals surface area contributed by atoms with Gasteiger partial charge in [0.15, 0.2) is 0 Å². The number of rotatable bonds is 15. The molecule has 0 unspecified atom stereocenters. The zero-order valence-electron chi connectivity index (χ0n) is 20.0. The lowest BCUT2D eigenvalue weighted by Gasteiger charge is -2.36. The summed E-state index contributed by atoms with van der Waals surface area (Å²) in [6, 6.07) is 0. The molecule has 0 aliphatic rings. The van der Waals surface area contributed by atoms with Gasteiger partial charge < -0.3 is 0 Å². The van der Waals surface area contributed by atoms with Crippen molar-refractivity contribution in [2.45, 2.75) is 0 Å². The fourth-order valence-electron chi connectivity index (χ4n) is 1.39. The van der Waals surface area contributed by atoms with E-state index in [0.29, 0.717) is 0 Å². The van der Waals surface area contributed by atoms with Gasteiger partial charge in [-0.25, -0.2) is 22.4 Å². The van der Waals surface area contributed by atoms with Crippen LogP contribution in [-0.4, -0.2) is 0 Å². The van der Waals surface area contributed by atoms with Crippen LogP contribution in [-0.2, 0) is 445 Å². The molecule has 0 fully saturated rings. The average Bonchev–Trinajstić information content (AvgIpc) is 2.86. The van der Waals surface area contributed by atoms with Crippen LogP contribution in [0.1, 0.15) is 0 Å². The Hall–Kier alpha value is 12.6. The summed E-state index contributed by atoms with van der Waals surface area (Å²) in [7, 11) is -1.50. The van der Waals surface area contributed by atoms with Gasteiger partial charge in [-0.1, -0.05) is 27.6 Å². The van der Waals surface area contributed by atoms with Crippen LogP contribution in [0.4, 0.5) is 3.89 Å². The van der Waals surface area contributed by atoms with E-state index >= 15 is 3.89 Å². The second-order valence-electron chi connectivity index (χ2n) is 6.31. The van der Waals surface area contributed by atoms with Crippen molar-refractivity contribution in [2.24, 2.45) is 0 Å². The predicted molar refractivity (Wildman–Crippen MR) is 355 cm³/mol. The molecule has 0 N–H and O–H groups in total. The maximum absolute atomic E-state index is 15.1. The summed E-state index contributed by atoms with van der Waals surface area (Å²) in [5.41, 5.74) is 0. The molecule has 0 heterocycles. The molecule has 0 aliphatic heterocycles. The van der Waals surface area contributed by atoms with Crippen molar-refractivity contribution in [1.29, 1.82) is 0 Å². The van der Waals surface area contributed by atoms with E-state index in [1.165, 1.54) is 0 Å². The second kappa shape index (κ2) is 19.3. The van der Waals surface area contributed by atoms with E-state index in [4.69, 9.17) is 358 Å². The van der Waals surface area contributed by atoms with Gasteiger partial charge in [-0.05, 0) is 313 Å². The first-order valence-electron chi connectivity index (χ1n) is 7.99. The van der Waals surface area contributed by atoms with E-state index in [2.05, 4.69) is 0 Å². The molecule has 0 saturated carbocycles. The molecule has 49 heavy (non-hydrogen) atoms. The molecular formula is FS48-. The topological polar surface area (TPSA) is 0 Å². The molecule has 0 saturated heterocycles. The highest BCUT2D eigenvalue weighted by atomic mass is 34.5. The summed E-state index contributed by atoms with van der Waals surface area (Å²) in [4.78, 5) is 0. The number of hydrogen-bond acceptors (Lipinski definition) is 33. The molecule has 0 nitrogen and oxygen atoms in total. The molecule has 0 radical (unpaired) electrons. The van der Waals surface area contributed by atoms with Gasteiger partial charge in [-0.15, -0.1) is 3.89 Å². The summed E-state index contributed by atoms with van der Waals surface area (Å²) in [6.45, 7) is -4.09. The van der Waals surface area contributed by atoms with E-state index in [-0.39, 0.29) is 0 Å². The summed E-state index contributed by atoms with van der Waals surface area (Å²) >= 11 is 182. The van der Waals surface area contributed by atoms with E-state index in [0.717, 1.165) is 0 Å². The van der Waals surface area contributed by atoms with Crippen LogP contribution in [0.5, 0.6) is 0 Å². The zero-order valence-corrected chi connectivity index (χ0v) is 59.2. The van der Waals surface area contributed by atoms with Gasteiger partial charge in [0.25, 0.3) is 0 Å². The Labute approximate surface area is 435 Å². The highest BCUT2D eigenvalue weighted by Gasteiger charge is 2.45. The van der Waals surface area contributed by atoms with Crippen molar-refractivity contribution < 1.29 is 3.89 Å². The van der Waals surface area contributed by atoms with Gasteiger partial charge in [0.2, 0.25) is 0 Å². The van der Waals surface area contributed by atoms with Gasteiger partial charge in [0, 0.05) is 62.5 Å². The van der Waals surface area contributed by atoms with Gasteiger partial charge in [0.1, 0.15) is 6.56 Å². The predicted octanol–water partition coefficient (Wildman–Crippen LogP) is 0.305. The van der Waals surface area contributed by atoms with E-state index in [9.17, 15) is 0 Å². The smallest absolute Gasteiger partial charge is 0.131 e. The largest absolute Gasteiger partial charge is 0.271 e. The summed E-state index contributed by atoms with van der Waals surface area (Å²) < 4.78 is 15.1. The van der Waals surface area contributed by atoms with Crippen molar-refractivity contribution in [3.05, 3.63) is 0 Å². The van der Waals surface area contributed by atoms with Crippen LogP contribution in [0.3, 0.4) is 0 Å². The van der Waals surface area contributed by atoms with Gasteiger partial charge >= 0.3 is 0 Å². The van der Waals surface area contributed by atoms with Gasteiger partial charge in [0.05, 0.1) is 5.21 Å². The maximum Gasteiger partial charge on any atom is 0.131 e. The highest BCUT2D eigenvalue weighted by Crippen LogP contribution is 2.41. The monoisotopic (exact) mass is 1550 g/mol. The fraction of sp³-hybridized carbons (Fsp3) is 0. The Balaban J connectivity index is 8.32. The molecule has 0 aromatic heterocycles. The fourth-order valence-corrected chi connectivity index (χ4v) is 333. The first-order valence-corrected chi connectivity index (χ1v) is 71.0. The third-order valence-electron chi connectivity index (χ3n) is 3.66. The van der Waals surface area contributed by atoms with Crippen molar-refractivity contribution in [2.75, 3.05) is 0 Å². The first-order chi connectivity index (χ1) is 20.4. The molecule has 0 aromatic carbocycles. The highest BCUT2D eigenvalue weighted by molar-refractivity contribution is 9.78. The lowest BCUT2D eigenvalue weighted by molar-refractivity contribution is 0.944. The molecule has 0 aromatic rings. The molecule has 0 rings (SSSR count). The molecule has 296 valence electrons. The Morgan fingerprint density at radius 3 is 0.469 bits per heavy atom. The minimum Gasteiger partial charge on any atom is -0.271 e. The molecule has 0 atom stereocenters.